The number of carbonyl (C=O) groups is 1. The van der Waals surface area contributed by atoms with E-state index in [1.165, 1.54) is 5.56 Å². The molecule has 160 valence electrons. The van der Waals surface area contributed by atoms with Crippen LogP contribution in [0.25, 0.3) is 0 Å². The first kappa shape index (κ1) is 25.4. The predicted molar refractivity (Wildman–Crippen MR) is 125 cm³/mol. The minimum absolute atomic E-state index is 0. The van der Waals surface area contributed by atoms with Crippen molar-refractivity contribution in [1.29, 1.82) is 0 Å². The maximum absolute atomic E-state index is 12.7. The molecule has 1 saturated heterocycles. The fourth-order valence-electron chi connectivity index (χ4n) is 3.86. The second-order valence-electron chi connectivity index (χ2n) is 7.76. The van der Waals surface area contributed by atoms with E-state index in [0.29, 0.717) is 6.04 Å². The minimum Gasteiger partial charge on any atom is -0.353 e. The second kappa shape index (κ2) is 12.2. The lowest BCUT2D eigenvalue weighted by atomic mass is 9.93. The number of benzene rings is 2. The van der Waals surface area contributed by atoms with Gasteiger partial charge in [-0.2, -0.15) is 0 Å². The van der Waals surface area contributed by atoms with Crippen molar-refractivity contribution in [3.05, 3.63) is 71.8 Å². The molecule has 0 aromatic heterocycles. The predicted octanol–water partition coefficient (Wildman–Crippen LogP) is 4.34. The molecular weight excluding hydrogens is 405 g/mol. The smallest absolute Gasteiger partial charge is 0.224 e. The first-order valence-electron chi connectivity index (χ1n) is 9.93. The fraction of sp³-hybridized carbons (Fsp3) is 0.435. The van der Waals surface area contributed by atoms with Crippen LogP contribution in [0.15, 0.2) is 60.7 Å². The normalized spacial score (nSPS) is 21.2. The number of piperidine rings is 1. The first-order chi connectivity index (χ1) is 13.0. The lowest BCUT2D eigenvalue weighted by Gasteiger charge is -2.38. The molecule has 0 radical (unpaired) electrons. The van der Waals surface area contributed by atoms with Gasteiger partial charge >= 0.3 is 0 Å². The Bertz CT molecular complexity index is 729. The molecule has 0 bridgehead atoms. The summed E-state index contributed by atoms with van der Waals surface area (Å²) in [6.07, 6.45) is 1.96. The minimum atomic E-state index is -0.276. The molecule has 3 N–H and O–H groups in total. The molecule has 4 unspecified atom stereocenters. The SMILES string of the molecule is CC(C(=O)NC1CCN(Cc2ccccc2)C(C)C1)C(N)c1ccccc1.Cl.Cl. The molecule has 1 heterocycles. The van der Waals surface area contributed by atoms with Gasteiger partial charge in [0.25, 0.3) is 0 Å². The average molecular weight is 438 g/mol. The second-order valence-corrected chi connectivity index (χ2v) is 7.76. The van der Waals surface area contributed by atoms with Crippen molar-refractivity contribution in [1.82, 2.24) is 10.2 Å². The molecule has 4 atom stereocenters. The van der Waals surface area contributed by atoms with Crippen LogP contribution in [0.4, 0.5) is 0 Å². The number of nitrogens with zero attached hydrogens (tertiary/aromatic N) is 1. The number of likely N-dealkylation sites (tertiary alicyclic amines) is 1. The lowest BCUT2D eigenvalue weighted by Crippen LogP contribution is -2.50. The van der Waals surface area contributed by atoms with Crippen molar-refractivity contribution in [2.75, 3.05) is 6.54 Å². The first-order valence-corrected chi connectivity index (χ1v) is 9.93. The van der Waals surface area contributed by atoms with Crippen molar-refractivity contribution in [3.63, 3.8) is 0 Å². The van der Waals surface area contributed by atoms with Gasteiger partial charge in [0.2, 0.25) is 5.91 Å². The Kier molecular flexibility index (Phi) is 10.7. The fourth-order valence-corrected chi connectivity index (χ4v) is 3.86. The van der Waals surface area contributed by atoms with E-state index in [9.17, 15) is 4.79 Å². The van der Waals surface area contributed by atoms with E-state index in [1.54, 1.807) is 0 Å². The molecule has 6 heteroatoms. The van der Waals surface area contributed by atoms with E-state index in [1.807, 2.05) is 37.3 Å². The van der Waals surface area contributed by atoms with Crippen LogP contribution in [0.2, 0.25) is 0 Å². The summed E-state index contributed by atoms with van der Waals surface area (Å²) < 4.78 is 0. The van der Waals surface area contributed by atoms with Crippen LogP contribution in [0.1, 0.15) is 43.9 Å². The van der Waals surface area contributed by atoms with E-state index >= 15 is 0 Å². The summed E-state index contributed by atoms with van der Waals surface area (Å²) in [6, 6.07) is 20.8. The van der Waals surface area contributed by atoms with Crippen LogP contribution in [0.3, 0.4) is 0 Å². The average Bonchev–Trinajstić information content (AvgIpc) is 2.70. The van der Waals surface area contributed by atoms with Gasteiger partial charge in [-0.15, -0.1) is 24.8 Å². The quantitative estimate of drug-likeness (QED) is 0.706. The van der Waals surface area contributed by atoms with E-state index in [2.05, 4.69) is 47.5 Å². The molecular formula is C23H33Cl2N3O. The topological polar surface area (TPSA) is 58.4 Å². The molecule has 3 rings (SSSR count). The highest BCUT2D eigenvalue weighted by atomic mass is 35.5. The maximum atomic E-state index is 12.7. The standard InChI is InChI=1S/C23H31N3O.2ClH/c1-17-15-21(13-14-26(17)16-19-9-5-3-6-10-19)25-23(27)18(2)22(24)20-11-7-4-8-12-20;;/h3-12,17-18,21-22H,13-16,24H2,1-2H3,(H,25,27);2*1H. The zero-order valence-corrected chi connectivity index (χ0v) is 18.8. The Balaban J connectivity index is 0.00000210. The van der Waals surface area contributed by atoms with Crippen LogP contribution in [-0.4, -0.2) is 29.4 Å². The van der Waals surface area contributed by atoms with Crippen molar-refractivity contribution in [3.8, 4) is 0 Å². The number of halogens is 2. The van der Waals surface area contributed by atoms with E-state index in [-0.39, 0.29) is 48.7 Å². The van der Waals surface area contributed by atoms with Gasteiger partial charge in [-0.1, -0.05) is 67.6 Å². The highest BCUT2D eigenvalue weighted by Crippen LogP contribution is 2.22. The van der Waals surface area contributed by atoms with Gasteiger partial charge in [-0.05, 0) is 30.9 Å². The Labute approximate surface area is 187 Å². The van der Waals surface area contributed by atoms with Gasteiger partial charge in [0.15, 0.2) is 0 Å². The Morgan fingerprint density at radius 3 is 2.28 bits per heavy atom. The molecule has 4 nitrogen and oxygen atoms in total. The number of rotatable bonds is 6. The number of hydrogen-bond donors (Lipinski definition) is 2. The lowest BCUT2D eigenvalue weighted by molar-refractivity contribution is -0.126. The number of nitrogens with two attached hydrogens (primary N) is 1. The molecule has 1 fully saturated rings. The molecule has 0 saturated carbocycles. The number of amides is 1. The summed E-state index contributed by atoms with van der Waals surface area (Å²) in [5, 5.41) is 3.24. The third kappa shape index (κ3) is 7.00. The van der Waals surface area contributed by atoms with Crippen LogP contribution in [0.5, 0.6) is 0 Å². The Hall–Kier alpha value is -1.59. The molecule has 0 spiro atoms. The molecule has 2 aromatic carbocycles. The summed E-state index contributed by atoms with van der Waals surface area (Å²) in [5.41, 5.74) is 8.66. The Morgan fingerprint density at radius 1 is 1.10 bits per heavy atom. The summed E-state index contributed by atoms with van der Waals surface area (Å²) in [7, 11) is 0. The van der Waals surface area contributed by atoms with E-state index < -0.39 is 0 Å². The van der Waals surface area contributed by atoms with Crippen LogP contribution >= 0.6 is 24.8 Å². The van der Waals surface area contributed by atoms with Gasteiger partial charge in [0, 0.05) is 31.2 Å². The molecule has 1 amide bonds. The largest absolute Gasteiger partial charge is 0.353 e. The van der Waals surface area contributed by atoms with Gasteiger partial charge in [0.05, 0.1) is 5.92 Å². The van der Waals surface area contributed by atoms with Gasteiger partial charge in [-0.3, -0.25) is 9.69 Å². The van der Waals surface area contributed by atoms with E-state index in [4.69, 9.17) is 5.73 Å². The summed E-state index contributed by atoms with van der Waals surface area (Å²) in [4.78, 5) is 15.2. The molecule has 1 aliphatic heterocycles. The summed E-state index contributed by atoms with van der Waals surface area (Å²) >= 11 is 0. The highest BCUT2D eigenvalue weighted by molar-refractivity contribution is 5.85. The summed E-state index contributed by atoms with van der Waals surface area (Å²) in [6.45, 7) is 6.14. The summed E-state index contributed by atoms with van der Waals surface area (Å²) in [5.74, 6) is -0.190. The van der Waals surface area contributed by atoms with Gasteiger partial charge in [-0.25, -0.2) is 0 Å². The third-order valence-corrected chi connectivity index (χ3v) is 5.73. The maximum Gasteiger partial charge on any atom is 0.224 e. The highest BCUT2D eigenvalue weighted by Gasteiger charge is 2.29. The third-order valence-electron chi connectivity index (χ3n) is 5.73. The van der Waals surface area contributed by atoms with E-state index in [0.717, 1.165) is 31.5 Å². The number of hydrogen-bond acceptors (Lipinski definition) is 3. The number of carbonyl (C=O) groups excluding carboxylic acids is 1. The zero-order chi connectivity index (χ0) is 19.2. The van der Waals surface area contributed by atoms with Crippen molar-refractivity contribution in [2.24, 2.45) is 11.7 Å². The number of nitrogens with one attached hydrogen (secondary N) is 1. The molecule has 1 aliphatic rings. The van der Waals surface area contributed by atoms with Crippen LogP contribution in [0, 0.1) is 5.92 Å². The molecule has 0 aliphatic carbocycles. The molecule has 29 heavy (non-hydrogen) atoms. The zero-order valence-electron chi connectivity index (χ0n) is 17.2. The van der Waals surface area contributed by atoms with Crippen molar-refractivity contribution in [2.45, 2.75) is 51.4 Å². The van der Waals surface area contributed by atoms with Gasteiger partial charge in [0.1, 0.15) is 0 Å². The molecule has 2 aromatic rings. The Morgan fingerprint density at radius 2 is 1.69 bits per heavy atom. The van der Waals surface area contributed by atoms with Crippen molar-refractivity contribution < 1.29 is 4.79 Å². The van der Waals surface area contributed by atoms with Crippen LogP contribution < -0.4 is 11.1 Å². The van der Waals surface area contributed by atoms with Gasteiger partial charge < -0.3 is 11.1 Å². The van der Waals surface area contributed by atoms with Crippen molar-refractivity contribution >= 4 is 30.7 Å². The van der Waals surface area contributed by atoms with Crippen LogP contribution in [-0.2, 0) is 11.3 Å². The monoisotopic (exact) mass is 437 g/mol.